The molecular weight excluding hydrogens is 248 g/mol. The Hall–Kier alpha value is -2.08. The van der Waals surface area contributed by atoms with Gasteiger partial charge in [0.2, 0.25) is 5.91 Å². The van der Waals surface area contributed by atoms with Crippen molar-refractivity contribution < 1.29 is 19.2 Å². The van der Waals surface area contributed by atoms with Crippen LogP contribution in [0.2, 0.25) is 0 Å². The van der Waals surface area contributed by atoms with Crippen LogP contribution in [0, 0.1) is 0 Å². The van der Waals surface area contributed by atoms with E-state index in [-0.39, 0.29) is 19.1 Å². The molecule has 0 bridgehead atoms. The fourth-order valence-corrected chi connectivity index (χ4v) is 1.25. The minimum Gasteiger partial charge on any atom is -0.484 e. The summed E-state index contributed by atoms with van der Waals surface area (Å²) in [5.74, 6) is -0.168. The molecule has 6 nitrogen and oxygen atoms in total. The first-order valence-corrected chi connectivity index (χ1v) is 5.98. The van der Waals surface area contributed by atoms with E-state index in [2.05, 4.69) is 22.6 Å². The lowest BCUT2D eigenvalue weighted by molar-refractivity contribution is -0.140. The van der Waals surface area contributed by atoms with Crippen LogP contribution in [0.5, 0.6) is 5.75 Å². The van der Waals surface area contributed by atoms with Crippen molar-refractivity contribution in [3.63, 3.8) is 0 Å². The number of carbonyl (C=O) groups is 2. The van der Waals surface area contributed by atoms with Gasteiger partial charge in [0.15, 0.2) is 13.2 Å². The van der Waals surface area contributed by atoms with Crippen LogP contribution in [0.1, 0.15) is 12.5 Å². The number of hydrogen-bond donors (Lipinski definition) is 2. The Morgan fingerprint density at radius 1 is 1.11 bits per heavy atom. The lowest BCUT2D eigenvalue weighted by Gasteiger charge is -2.07. The number of hydrogen-bond acceptors (Lipinski definition) is 4. The van der Waals surface area contributed by atoms with Gasteiger partial charge in [-0.05, 0) is 24.1 Å². The van der Waals surface area contributed by atoms with E-state index in [9.17, 15) is 9.59 Å². The summed E-state index contributed by atoms with van der Waals surface area (Å²) in [6, 6.07) is 7.49. The quantitative estimate of drug-likeness (QED) is 0.701. The van der Waals surface area contributed by atoms with E-state index >= 15 is 0 Å². The predicted octanol–water partition coefficient (Wildman–Crippen LogP) is 0.422. The number of hydroxylamine groups is 1. The molecule has 0 spiro atoms. The molecule has 6 heteroatoms. The SMILES string of the molecule is CCc1ccc(OCC(=O)NOCC(=O)NC)cc1. The third-order valence-electron chi connectivity index (χ3n) is 2.37. The number of aryl methyl sites for hydroxylation is 1. The molecule has 0 heterocycles. The van der Waals surface area contributed by atoms with Gasteiger partial charge in [-0.1, -0.05) is 19.1 Å². The van der Waals surface area contributed by atoms with E-state index < -0.39 is 5.91 Å². The summed E-state index contributed by atoms with van der Waals surface area (Å²) in [5.41, 5.74) is 3.32. The lowest BCUT2D eigenvalue weighted by atomic mass is 10.2. The van der Waals surface area contributed by atoms with Crippen LogP contribution in [0.3, 0.4) is 0 Å². The smallest absolute Gasteiger partial charge is 0.281 e. The Labute approximate surface area is 112 Å². The second kappa shape index (κ2) is 8.10. The molecule has 19 heavy (non-hydrogen) atoms. The maximum absolute atomic E-state index is 11.3. The van der Waals surface area contributed by atoms with E-state index in [0.29, 0.717) is 5.75 Å². The molecule has 2 N–H and O–H groups in total. The van der Waals surface area contributed by atoms with Crippen molar-refractivity contribution >= 4 is 11.8 Å². The maximum Gasteiger partial charge on any atom is 0.281 e. The molecule has 0 radical (unpaired) electrons. The zero-order valence-corrected chi connectivity index (χ0v) is 11.1. The van der Waals surface area contributed by atoms with E-state index in [1.165, 1.54) is 12.6 Å². The number of nitrogens with one attached hydrogen (secondary N) is 2. The first-order valence-electron chi connectivity index (χ1n) is 5.98. The van der Waals surface area contributed by atoms with Crippen molar-refractivity contribution in [3.05, 3.63) is 29.8 Å². The Kier molecular flexibility index (Phi) is 6.38. The Morgan fingerprint density at radius 3 is 2.37 bits per heavy atom. The minimum atomic E-state index is -0.455. The number of rotatable bonds is 7. The van der Waals surface area contributed by atoms with Crippen LogP contribution < -0.4 is 15.5 Å². The highest BCUT2D eigenvalue weighted by molar-refractivity contribution is 5.78. The van der Waals surface area contributed by atoms with E-state index in [0.717, 1.165) is 6.42 Å². The molecule has 0 aromatic heterocycles. The number of ether oxygens (including phenoxy) is 1. The second-order valence-electron chi connectivity index (χ2n) is 3.77. The fraction of sp³-hybridized carbons (Fsp3) is 0.385. The van der Waals surface area contributed by atoms with Gasteiger partial charge in [-0.15, -0.1) is 0 Å². The van der Waals surface area contributed by atoms with Gasteiger partial charge in [-0.3, -0.25) is 14.4 Å². The summed E-state index contributed by atoms with van der Waals surface area (Å²) in [5, 5.41) is 2.36. The van der Waals surface area contributed by atoms with Crippen molar-refractivity contribution in [2.24, 2.45) is 0 Å². The van der Waals surface area contributed by atoms with Crippen molar-refractivity contribution in [3.8, 4) is 5.75 Å². The summed E-state index contributed by atoms with van der Waals surface area (Å²) in [4.78, 5) is 26.8. The first kappa shape index (κ1) is 15.0. The Morgan fingerprint density at radius 2 is 1.79 bits per heavy atom. The van der Waals surface area contributed by atoms with Crippen molar-refractivity contribution in [1.29, 1.82) is 0 Å². The van der Waals surface area contributed by atoms with Gasteiger partial charge in [0.1, 0.15) is 5.75 Å². The molecule has 0 unspecified atom stereocenters. The highest BCUT2D eigenvalue weighted by Crippen LogP contribution is 2.12. The van der Waals surface area contributed by atoms with E-state index in [4.69, 9.17) is 4.74 Å². The Bertz CT molecular complexity index is 417. The lowest BCUT2D eigenvalue weighted by Crippen LogP contribution is -2.33. The van der Waals surface area contributed by atoms with Gasteiger partial charge >= 0.3 is 0 Å². The molecule has 2 amide bonds. The van der Waals surface area contributed by atoms with Crippen molar-refractivity contribution in [1.82, 2.24) is 10.8 Å². The second-order valence-corrected chi connectivity index (χ2v) is 3.77. The zero-order valence-electron chi connectivity index (χ0n) is 11.1. The van der Waals surface area contributed by atoms with Gasteiger partial charge in [-0.2, -0.15) is 0 Å². The van der Waals surface area contributed by atoms with Crippen LogP contribution in [0.15, 0.2) is 24.3 Å². The summed E-state index contributed by atoms with van der Waals surface area (Å²) in [6.07, 6.45) is 0.952. The van der Waals surface area contributed by atoms with Gasteiger partial charge in [0, 0.05) is 7.05 Å². The average Bonchev–Trinajstić information content (AvgIpc) is 2.45. The molecule has 0 aliphatic heterocycles. The third kappa shape index (κ3) is 5.87. The largest absolute Gasteiger partial charge is 0.484 e. The first-order chi connectivity index (χ1) is 9.15. The molecule has 0 aliphatic rings. The van der Waals surface area contributed by atoms with Crippen LogP contribution in [-0.2, 0) is 20.8 Å². The third-order valence-corrected chi connectivity index (χ3v) is 2.37. The summed E-state index contributed by atoms with van der Waals surface area (Å²) < 4.78 is 5.26. The maximum atomic E-state index is 11.3. The number of amides is 2. The fourth-order valence-electron chi connectivity index (χ4n) is 1.25. The van der Waals surface area contributed by atoms with Crippen LogP contribution >= 0.6 is 0 Å². The average molecular weight is 266 g/mol. The topological polar surface area (TPSA) is 76.7 Å². The van der Waals surface area contributed by atoms with Crippen LogP contribution in [0.25, 0.3) is 0 Å². The van der Waals surface area contributed by atoms with Gasteiger partial charge in [-0.25, -0.2) is 5.48 Å². The van der Waals surface area contributed by atoms with Crippen LogP contribution in [0.4, 0.5) is 0 Å². The molecule has 0 aliphatic carbocycles. The van der Waals surface area contributed by atoms with Crippen molar-refractivity contribution in [2.75, 3.05) is 20.3 Å². The highest BCUT2D eigenvalue weighted by Gasteiger charge is 2.04. The number of likely N-dealkylation sites (N-methyl/N-ethyl adjacent to an activating group) is 1. The van der Waals surface area contributed by atoms with E-state index in [1.807, 2.05) is 12.1 Å². The molecule has 1 rings (SSSR count). The molecular formula is C13H18N2O4. The van der Waals surface area contributed by atoms with E-state index in [1.54, 1.807) is 12.1 Å². The zero-order chi connectivity index (χ0) is 14.1. The minimum absolute atomic E-state index is 0.167. The Balaban J connectivity index is 2.23. The number of carbonyl (C=O) groups excluding carboxylic acids is 2. The van der Waals surface area contributed by atoms with Crippen LogP contribution in [-0.4, -0.2) is 32.1 Å². The summed E-state index contributed by atoms with van der Waals surface area (Å²) in [7, 11) is 1.48. The number of benzene rings is 1. The summed E-state index contributed by atoms with van der Waals surface area (Å²) in [6.45, 7) is 1.67. The highest BCUT2D eigenvalue weighted by atomic mass is 16.7. The molecule has 0 fully saturated rings. The van der Waals surface area contributed by atoms with Crippen molar-refractivity contribution in [2.45, 2.75) is 13.3 Å². The molecule has 1 aromatic rings. The normalized spacial score (nSPS) is 9.79. The van der Waals surface area contributed by atoms with Gasteiger partial charge in [0.05, 0.1) is 0 Å². The monoisotopic (exact) mass is 266 g/mol. The molecule has 0 saturated carbocycles. The molecule has 0 saturated heterocycles. The van der Waals surface area contributed by atoms with Gasteiger partial charge < -0.3 is 10.1 Å². The molecule has 1 aromatic carbocycles. The van der Waals surface area contributed by atoms with Gasteiger partial charge in [0.25, 0.3) is 5.91 Å². The molecule has 0 atom stereocenters. The predicted molar refractivity (Wildman–Crippen MR) is 69.5 cm³/mol. The summed E-state index contributed by atoms with van der Waals surface area (Å²) >= 11 is 0. The molecule has 104 valence electrons. The standard InChI is InChI=1S/C13H18N2O4/c1-3-10-4-6-11(7-5-10)18-8-13(17)15-19-9-12(16)14-2/h4-7H,3,8-9H2,1-2H3,(H,14,16)(H,15,17).